The van der Waals surface area contributed by atoms with Gasteiger partial charge in [-0.25, -0.2) is 0 Å². The summed E-state index contributed by atoms with van der Waals surface area (Å²) in [5, 5.41) is 14.2. The molecule has 3 N–H and O–H groups in total. The second-order valence-corrected chi connectivity index (χ2v) is 8.66. The monoisotopic (exact) mass is 566 g/mol. The van der Waals surface area contributed by atoms with Gasteiger partial charge in [-0.1, -0.05) is 24.3 Å². The minimum absolute atomic E-state index is 0.0865. The summed E-state index contributed by atoms with van der Waals surface area (Å²) in [6.07, 6.45) is -12.0. The van der Waals surface area contributed by atoms with Gasteiger partial charge in [-0.15, -0.1) is 0 Å². The van der Waals surface area contributed by atoms with Gasteiger partial charge in [-0.3, -0.25) is 14.4 Å². The van der Waals surface area contributed by atoms with Gasteiger partial charge in [0, 0.05) is 18.1 Å². The van der Waals surface area contributed by atoms with Crippen LogP contribution in [-0.4, -0.2) is 43.1 Å². The Balaban J connectivity index is 2.26. The van der Waals surface area contributed by atoms with E-state index in [4.69, 9.17) is 4.65 Å². The molecule has 2 amide bonds. The van der Waals surface area contributed by atoms with Gasteiger partial charge < -0.3 is 20.4 Å². The van der Waals surface area contributed by atoms with Crippen molar-refractivity contribution in [2.75, 3.05) is 10.6 Å². The summed E-state index contributed by atoms with van der Waals surface area (Å²) in [4.78, 5) is 36.0. The first-order valence-electron chi connectivity index (χ1n) is 11.4. The highest BCUT2D eigenvalue weighted by Crippen LogP contribution is 2.57. The Hall–Kier alpha value is -4.49. The first-order chi connectivity index (χ1) is 18.5. The van der Waals surface area contributed by atoms with E-state index in [0.29, 0.717) is 30.3 Å². The summed E-state index contributed by atoms with van der Waals surface area (Å²) < 4.78 is 93.1. The SMILES string of the molecule is BOc1ccc(C(c2ccc(O)c(NC(C)=O)c2)(C(F)(F)F)C(F)(F)F)cc1NC(=O)c1cccc(C(C)=O)c1. The molecule has 0 bridgehead atoms. The van der Waals surface area contributed by atoms with Gasteiger partial charge >= 0.3 is 20.4 Å². The maximum Gasteiger partial charge on any atom is 0.411 e. The van der Waals surface area contributed by atoms with Crippen molar-refractivity contribution in [2.24, 2.45) is 0 Å². The van der Waals surface area contributed by atoms with Crippen LogP contribution < -0.4 is 15.3 Å². The van der Waals surface area contributed by atoms with Crippen molar-refractivity contribution in [3.05, 3.63) is 82.9 Å². The average molecular weight is 566 g/mol. The average Bonchev–Trinajstić information content (AvgIpc) is 2.84. The minimum atomic E-state index is -6.00. The van der Waals surface area contributed by atoms with Crippen LogP contribution in [0.1, 0.15) is 45.7 Å². The van der Waals surface area contributed by atoms with E-state index in [1.54, 1.807) is 0 Å². The van der Waals surface area contributed by atoms with E-state index in [1.165, 1.54) is 31.2 Å². The number of anilines is 2. The zero-order valence-electron chi connectivity index (χ0n) is 21.1. The third-order valence-electron chi connectivity index (χ3n) is 6.00. The minimum Gasteiger partial charge on any atom is -0.566 e. The van der Waals surface area contributed by atoms with Crippen LogP contribution in [0.5, 0.6) is 11.5 Å². The van der Waals surface area contributed by atoms with Crippen LogP contribution in [0, 0.1) is 0 Å². The van der Waals surface area contributed by atoms with Crippen molar-refractivity contribution >= 4 is 37.0 Å². The number of Topliss-reactive ketones (excluding diaryl/α,β-unsaturated/α-hetero) is 1. The van der Waals surface area contributed by atoms with E-state index in [2.05, 4.69) is 5.32 Å². The molecule has 0 radical (unpaired) electrons. The van der Waals surface area contributed by atoms with Gasteiger partial charge in [-0.2, -0.15) is 26.3 Å². The summed E-state index contributed by atoms with van der Waals surface area (Å²) in [5.74, 6) is -3.15. The Morgan fingerprint density at radius 2 is 1.32 bits per heavy atom. The number of hydrogen-bond donors (Lipinski definition) is 3. The van der Waals surface area contributed by atoms with Gasteiger partial charge in [0.1, 0.15) is 11.5 Å². The zero-order chi connectivity index (χ0) is 30.0. The van der Waals surface area contributed by atoms with E-state index in [9.17, 15) is 45.8 Å². The molecule has 0 aliphatic heterocycles. The van der Waals surface area contributed by atoms with Crippen molar-refractivity contribution in [1.29, 1.82) is 0 Å². The fraction of sp³-hybridized carbons (Fsp3) is 0.192. The molecule has 0 saturated heterocycles. The number of phenolic OH excluding ortho intramolecular Hbond substituents is 1. The number of phenols is 1. The predicted octanol–water partition coefficient (Wildman–Crippen LogP) is 5.14. The molecule has 0 heterocycles. The van der Waals surface area contributed by atoms with Crippen molar-refractivity contribution in [3.63, 3.8) is 0 Å². The molecule has 3 rings (SSSR count). The smallest absolute Gasteiger partial charge is 0.411 e. The Kier molecular flexibility index (Phi) is 8.23. The van der Waals surface area contributed by atoms with Crippen molar-refractivity contribution in [1.82, 2.24) is 0 Å². The Labute approximate surface area is 224 Å². The molecule has 14 heteroatoms. The molecule has 3 aromatic rings. The number of benzene rings is 3. The van der Waals surface area contributed by atoms with Crippen LogP contribution in [0.4, 0.5) is 37.7 Å². The second-order valence-electron chi connectivity index (χ2n) is 8.66. The molecule has 40 heavy (non-hydrogen) atoms. The highest BCUT2D eigenvalue weighted by atomic mass is 19.4. The fourth-order valence-electron chi connectivity index (χ4n) is 4.15. The Bertz CT molecular complexity index is 1460. The topological polar surface area (TPSA) is 105 Å². The molecule has 7 nitrogen and oxygen atoms in total. The molecular weight excluding hydrogens is 545 g/mol. The first kappa shape index (κ1) is 30.1. The third-order valence-corrected chi connectivity index (χ3v) is 6.00. The van der Waals surface area contributed by atoms with Crippen LogP contribution in [0.15, 0.2) is 60.7 Å². The second kappa shape index (κ2) is 10.9. The Morgan fingerprint density at radius 1 is 0.775 bits per heavy atom. The molecule has 0 unspecified atom stereocenters. The molecule has 0 atom stereocenters. The van der Waals surface area contributed by atoms with Crippen LogP contribution in [0.25, 0.3) is 0 Å². The highest BCUT2D eigenvalue weighted by Gasteiger charge is 2.72. The van der Waals surface area contributed by atoms with Gasteiger partial charge in [0.25, 0.3) is 5.91 Å². The molecule has 0 saturated carbocycles. The number of nitrogens with one attached hydrogen (secondary N) is 2. The van der Waals surface area contributed by atoms with Gasteiger partial charge in [0.2, 0.25) is 11.3 Å². The first-order valence-corrected chi connectivity index (χ1v) is 11.4. The van der Waals surface area contributed by atoms with E-state index >= 15 is 0 Å². The van der Waals surface area contributed by atoms with Crippen LogP contribution in [0.2, 0.25) is 0 Å². The fourth-order valence-corrected chi connectivity index (χ4v) is 4.15. The number of amides is 2. The third kappa shape index (κ3) is 5.60. The summed E-state index contributed by atoms with van der Waals surface area (Å²) in [5.41, 5.74) is -8.47. The van der Waals surface area contributed by atoms with Gasteiger partial charge in [0.15, 0.2) is 5.78 Å². The lowest BCUT2D eigenvalue weighted by Crippen LogP contribution is -2.54. The number of hydrogen-bond acceptors (Lipinski definition) is 5. The maximum atomic E-state index is 14.7. The lowest BCUT2D eigenvalue weighted by Gasteiger charge is -2.38. The summed E-state index contributed by atoms with van der Waals surface area (Å²) in [6.45, 7) is 2.20. The molecule has 0 aliphatic carbocycles. The maximum absolute atomic E-state index is 14.7. The molecular formula is C26H21BF6N2O5. The number of carbonyl (C=O) groups excluding carboxylic acids is 3. The summed E-state index contributed by atoms with van der Waals surface area (Å²) in [6, 6.07) is 8.61. The van der Waals surface area contributed by atoms with E-state index in [0.717, 1.165) is 21.0 Å². The van der Waals surface area contributed by atoms with E-state index in [1.807, 2.05) is 5.32 Å². The predicted molar refractivity (Wildman–Crippen MR) is 135 cm³/mol. The van der Waals surface area contributed by atoms with Crippen molar-refractivity contribution in [2.45, 2.75) is 31.6 Å². The number of rotatable bonds is 7. The standard InChI is InChI=1S/C26H21BF6N2O5/c1-13(36)15-4-3-5-16(10-15)23(39)35-20-12-18(7-9-22(20)40-27)24(25(28,29)30,26(31,32)33)17-6-8-21(38)19(11-17)34-14(2)37/h3-12,38H,27H2,1-2H3,(H,34,37)(H,35,39). The Morgan fingerprint density at radius 3 is 1.85 bits per heavy atom. The summed E-state index contributed by atoms with van der Waals surface area (Å²) in [7, 11) is 1.10. The molecule has 0 aliphatic rings. The number of alkyl halides is 6. The normalized spacial score (nSPS) is 12.0. The van der Waals surface area contributed by atoms with Gasteiger partial charge in [0.05, 0.1) is 11.4 Å². The lowest BCUT2D eigenvalue weighted by atomic mass is 9.72. The number of carbonyl (C=O) groups is 3. The highest BCUT2D eigenvalue weighted by molar-refractivity contribution is 6.07. The van der Waals surface area contributed by atoms with Gasteiger partial charge in [-0.05, 0) is 54.4 Å². The molecule has 3 aromatic carbocycles. The lowest BCUT2D eigenvalue weighted by molar-refractivity contribution is -0.288. The molecule has 210 valence electrons. The number of ketones is 1. The number of halogens is 6. The summed E-state index contributed by atoms with van der Waals surface area (Å²) >= 11 is 0. The van der Waals surface area contributed by atoms with E-state index < -0.39 is 57.8 Å². The number of aromatic hydroxyl groups is 1. The van der Waals surface area contributed by atoms with Crippen molar-refractivity contribution < 1.29 is 50.5 Å². The quantitative estimate of drug-likeness (QED) is 0.159. The molecule has 0 aromatic heterocycles. The van der Waals surface area contributed by atoms with E-state index in [-0.39, 0.29) is 22.7 Å². The largest absolute Gasteiger partial charge is 0.566 e. The zero-order valence-corrected chi connectivity index (χ0v) is 21.1. The molecule has 0 fully saturated rings. The van der Waals surface area contributed by atoms with Crippen LogP contribution >= 0.6 is 0 Å². The molecule has 0 spiro atoms. The van der Waals surface area contributed by atoms with Crippen LogP contribution in [0.3, 0.4) is 0 Å². The van der Waals surface area contributed by atoms with Crippen LogP contribution in [-0.2, 0) is 10.2 Å². The van der Waals surface area contributed by atoms with Crippen molar-refractivity contribution in [3.8, 4) is 11.5 Å².